The Labute approximate surface area is 243 Å². The summed E-state index contributed by atoms with van der Waals surface area (Å²) in [7, 11) is 0. The molecule has 0 radical (unpaired) electrons. The summed E-state index contributed by atoms with van der Waals surface area (Å²) in [6, 6.07) is 7.50. The van der Waals surface area contributed by atoms with E-state index in [9.17, 15) is 19.5 Å². The molecule has 1 aliphatic heterocycles. The molecule has 218 valence electrons. The maximum Gasteiger partial charge on any atom is 0.415 e. The van der Waals surface area contributed by atoms with Crippen molar-refractivity contribution in [3.8, 4) is 5.75 Å². The van der Waals surface area contributed by atoms with Crippen molar-refractivity contribution < 1.29 is 24.2 Å². The van der Waals surface area contributed by atoms with Gasteiger partial charge in [-0.05, 0) is 62.8 Å². The van der Waals surface area contributed by atoms with E-state index in [1.807, 2.05) is 31.1 Å². The Kier molecular flexibility index (Phi) is 10.1. The lowest BCUT2D eigenvalue weighted by Crippen LogP contribution is -2.36. The number of ether oxygens (including phenoxy) is 1. The molecule has 1 aromatic carbocycles. The normalized spacial score (nSPS) is 13.5. The van der Waals surface area contributed by atoms with Crippen LogP contribution >= 0.6 is 11.3 Å². The van der Waals surface area contributed by atoms with E-state index in [0.29, 0.717) is 55.7 Å². The molecule has 0 bridgehead atoms. The fourth-order valence-corrected chi connectivity index (χ4v) is 5.28. The Balaban J connectivity index is 1.58. The van der Waals surface area contributed by atoms with Gasteiger partial charge in [0.15, 0.2) is 5.82 Å². The van der Waals surface area contributed by atoms with E-state index in [-0.39, 0.29) is 24.2 Å². The van der Waals surface area contributed by atoms with Crippen LogP contribution in [0.5, 0.6) is 5.75 Å². The summed E-state index contributed by atoms with van der Waals surface area (Å²) in [4.78, 5) is 52.4. The van der Waals surface area contributed by atoms with Gasteiger partial charge in [-0.3, -0.25) is 4.79 Å². The van der Waals surface area contributed by atoms with Crippen molar-refractivity contribution in [2.24, 2.45) is 0 Å². The molecule has 1 fully saturated rings. The number of amides is 2. The lowest BCUT2D eigenvalue weighted by Gasteiger charge is -2.26. The summed E-state index contributed by atoms with van der Waals surface area (Å²) in [5, 5.41) is 16.8. The highest BCUT2D eigenvalue weighted by molar-refractivity contribution is 7.08. The first-order valence-corrected chi connectivity index (χ1v) is 14.8. The van der Waals surface area contributed by atoms with Crippen molar-refractivity contribution in [2.45, 2.75) is 46.1 Å². The molecule has 41 heavy (non-hydrogen) atoms. The van der Waals surface area contributed by atoms with Crippen LogP contribution in [0.1, 0.15) is 49.5 Å². The van der Waals surface area contributed by atoms with E-state index in [2.05, 4.69) is 15.3 Å². The van der Waals surface area contributed by atoms with Gasteiger partial charge in [0, 0.05) is 44.5 Å². The molecule has 3 aromatic rings. The molecule has 0 saturated carbocycles. The maximum atomic E-state index is 13.3. The number of thiophene rings is 1. The van der Waals surface area contributed by atoms with Gasteiger partial charge in [-0.2, -0.15) is 16.3 Å². The molecule has 0 aliphatic carbocycles. The number of rotatable bonds is 12. The van der Waals surface area contributed by atoms with Gasteiger partial charge in [-0.1, -0.05) is 12.1 Å². The number of anilines is 3. The van der Waals surface area contributed by atoms with Crippen molar-refractivity contribution in [1.82, 2.24) is 14.9 Å². The number of aromatic nitrogens is 2. The number of carbonyl (C=O) groups is 3. The molecular formula is C29H36N6O5S. The van der Waals surface area contributed by atoms with Crippen LogP contribution in [0.15, 0.2) is 47.3 Å². The molecule has 12 heteroatoms. The van der Waals surface area contributed by atoms with Crippen LogP contribution in [0.4, 0.5) is 22.2 Å². The van der Waals surface area contributed by atoms with Gasteiger partial charge in [0.25, 0.3) is 5.91 Å². The van der Waals surface area contributed by atoms with Crippen LogP contribution in [-0.4, -0.2) is 76.7 Å². The molecule has 4 rings (SSSR count). The number of carboxylic acid groups (broad SMARTS) is 1. The van der Waals surface area contributed by atoms with E-state index in [1.54, 1.807) is 51.7 Å². The highest BCUT2D eigenvalue weighted by Gasteiger charge is 2.26. The molecule has 2 N–H and O–H groups in total. The van der Waals surface area contributed by atoms with Crippen molar-refractivity contribution >= 4 is 46.8 Å². The molecule has 11 nitrogen and oxygen atoms in total. The van der Waals surface area contributed by atoms with Crippen LogP contribution in [-0.2, 0) is 11.2 Å². The Hall–Kier alpha value is -4.19. The topological polar surface area (TPSA) is 128 Å². The van der Waals surface area contributed by atoms with Crippen LogP contribution in [0.25, 0.3) is 0 Å². The fraction of sp³-hybridized carbons (Fsp3) is 0.414. The second-order valence-corrected chi connectivity index (χ2v) is 10.4. The number of carbonyl (C=O) groups excluding carboxylic acids is 2. The minimum Gasteiger partial charge on any atom is -0.480 e. The first-order chi connectivity index (χ1) is 19.8. The van der Waals surface area contributed by atoms with Crippen LogP contribution < -0.4 is 19.9 Å². The van der Waals surface area contributed by atoms with Crippen LogP contribution in [0.2, 0.25) is 0 Å². The van der Waals surface area contributed by atoms with Gasteiger partial charge in [-0.15, -0.1) is 0 Å². The molecule has 1 saturated heterocycles. The molecule has 1 unspecified atom stereocenters. The summed E-state index contributed by atoms with van der Waals surface area (Å²) in [6.07, 6.45) is 3.27. The molecule has 1 atom stereocenters. The third-order valence-electron chi connectivity index (χ3n) is 6.96. The third kappa shape index (κ3) is 7.31. The van der Waals surface area contributed by atoms with Crippen LogP contribution in [0, 0.1) is 0 Å². The van der Waals surface area contributed by atoms with Gasteiger partial charge < -0.3 is 29.9 Å². The first-order valence-electron chi connectivity index (χ1n) is 13.9. The monoisotopic (exact) mass is 580 g/mol. The summed E-state index contributed by atoms with van der Waals surface area (Å²) < 4.78 is 5.46. The van der Waals surface area contributed by atoms with Gasteiger partial charge >= 0.3 is 12.1 Å². The predicted molar refractivity (Wildman–Crippen MR) is 159 cm³/mol. The average Bonchev–Trinajstić information content (AvgIpc) is 3.71. The summed E-state index contributed by atoms with van der Waals surface area (Å²) in [5.41, 5.74) is 1.66. The number of benzene rings is 1. The number of aliphatic carboxylic acids is 1. The summed E-state index contributed by atoms with van der Waals surface area (Å²) in [6.45, 7) is 8.87. The van der Waals surface area contributed by atoms with Gasteiger partial charge in [0.05, 0.1) is 11.8 Å². The highest BCUT2D eigenvalue weighted by atomic mass is 32.1. The molecule has 0 spiro atoms. The number of nitrogens with zero attached hydrogens (tertiary/aromatic N) is 5. The number of hydrogen-bond acceptors (Lipinski definition) is 9. The standard InChI is InChI=1S/C29H36N6O5S/c1-4-33(5-2)28-30-18-24(35(6-3)26(36)21-13-16-41-19-21)25(32-28)31-23(27(37)38)17-20-9-11-22(12-10-20)40-29(39)34-14-7-8-15-34/h9-13,16,18-19,23H,4-8,14-15,17H2,1-3H3,(H,37,38)(H,30,31,32). The van der Waals surface area contributed by atoms with E-state index < -0.39 is 12.0 Å². The maximum absolute atomic E-state index is 13.3. The fourth-order valence-electron chi connectivity index (χ4n) is 4.65. The zero-order valence-corrected chi connectivity index (χ0v) is 24.4. The Morgan fingerprint density at radius 1 is 1.07 bits per heavy atom. The predicted octanol–water partition coefficient (Wildman–Crippen LogP) is 4.75. The van der Waals surface area contributed by atoms with Crippen molar-refractivity contribution in [2.75, 3.05) is 47.8 Å². The number of carboxylic acids is 1. The number of hydrogen-bond donors (Lipinski definition) is 2. The molecule has 2 amide bonds. The summed E-state index contributed by atoms with van der Waals surface area (Å²) in [5.74, 6) is -0.194. The minimum atomic E-state index is -1.07. The van der Waals surface area contributed by atoms with E-state index in [1.165, 1.54) is 11.3 Å². The molecule has 3 heterocycles. The lowest BCUT2D eigenvalue weighted by atomic mass is 10.1. The SMILES string of the molecule is CCN(CC)c1ncc(N(CC)C(=O)c2ccsc2)c(NC(Cc2ccc(OC(=O)N3CCCC3)cc2)C(=O)O)n1. The second kappa shape index (κ2) is 13.9. The number of likely N-dealkylation sites (tertiary alicyclic amines) is 1. The van der Waals surface area contributed by atoms with Crippen molar-refractivity contribution in [3.05, 3.63) is 58.4 Å². The summed E-state index contributed by atoms with van der Waals surface area (Å²) >= 11 is 1.42. The third-order valence-corrected chi connectivity index (χ3v) is 7.65. The second-order valence-electron chi connectivity index (χ2n) is 9.58. The molecule has 1 aliphatic rings. The van der Waals surface area contributed by atoms with E-state index >= 15 is 0 Å². The zero-order valence-electron chi connectivity index (χ0n) is 23.6. The van der Waals surface area contributed by atoms with Crippen LogP contribution in [0.3, 0.4) is 0 Å². The largest absolute Gasteiger partial charge is 0.480 e. The lowest BCUT2D eigenvalue weighted by molar-refractivity contribution is -0.137. The molecule has 2 aromatic heterocycles. The van der Waals surface area contributed by atoms with Crippen molar-refractivity contribution in [1.29, 1.82) is 0 Å². The van der Waals surface area contributed by atoms with E-state index in [0.717, 1.165) is 18.4 Å². The Morgan fingerprint density at radius 2 is 1.78 bits per heavy atom. The minimum absolute atomic E-state index is 0.129. The molecular weight excluding hydrogens is 544 g/mol. The average molecular weight is 581 g/mol. The quantitative estimate of drug-likeness (QED) is 0.312. The van der Waals surface area contributed by atoms with Gasteiger partial charge in [-0.25, -0.2) is 14.6 Å². The Morgan fingerprint density at radius 3 is 2.37 bits per heavy atom. The van der Waals surface area contributed by atoms with Gasteiger partial charge in [0.1, 0.15) is 17.5 Å². The first kappa shape index (κ1) is 29.8. The van der Waals surface area contributed by atoms with Gasteiger partial charge in [0.2, 0.25) is 5.95 Å². The zero-order chi connectivity index (χ0) is 29.4. The van der Waals surface area contributed by atoms with E-state index in [4.69, 9.17) is 4.74 Å². The van der Waals surface area contributed by atoms with Crippen molar-refractivity contribution in [3.63, 3.8) is 0 Å². The smallest absolute Gasteiger partial charge is 0.415 e. The number of nitrogens with one attached hydrogen (secondary N) is 1. The Bertz CT molecular complexity index is 1320. The highest BCUT2D eigenvalue weighted by Crippen LogP contribution is 2.29.